The van der Waals surface area contributed by atoms with Gasteiger partial charge in [0.1, 0.15) is 0 Å². The molecule has 1 saturated heterocycles. The quantitative estimate of drug-likeness (QED) is 0.809. The van der Waals surface area contributed by atoms with E-state index in [0.29, 0.717) is 5.41 Å². The maximum atomic E-state index is 5.52. The maximum Gasteiger partial charge on any atom is 0.0468 e. The van der Waals surface area contributed by atoms with Crippen LogP contribution in [0.2, 0.25) is 0 Å². The van der Waals surface area contributed by atoms with E-state index in [0.717, 1.165) is 37.0 Å². The first-order valence-corrected chi connectivity index (χ1v) is 8.14. The number of nitrogens with one attached hydrogen (secondary N) is 1. The molecule has 1 aliphatic heterocycles. The Bertz CT molecular complexity index is 296. The number of fused-ring (bicyclic) bond motifs is 1. The molecule has 102 valence electrons. The highest BCUT2D eigenvalue weighted by Gasteiger charge is 2.54. The first-order valence-electron chi connectivity index (χ1n) is 8.14. The molecule has 2 nitrogen and oxygen atoms in total. The summed E-state index contributed by atoms with van der Waals surface area (Å²) in [6.07, 6.45) is 11.6. The molecule has 4 rings (SSSR count). The van der Waals surface area contributed by atoms with E-state index in [2.05, 4.69) is 5.32 Å². The van der Waals surface area contributed by atoms with Gasteiger partial charge in [-0.3, -0.25) is 0 Å². The van der Waals surface area contributed by atoms with Crippen molar-refractivity contribution in [3.63, 3.8) is 0 Å². The van der Waals surface area contributed by atoms with Crippen LogP contribution in [0.3, 0.4) is 0 Å². The van der Waals surface area contributed by atoms with Crippen LogP contribution in [0.5, 0.6) is 0 Å². The van der Waals surface area contributed by atoms with Crippen molar-refractivity contribution in [1.82, 2.24) is 5.32 Å². The molecule has 2 atom stereocenters. The predicted octanol–water partition coefficient (Wildman–Crippen LogP) is 2.97. The molecule has 0 aromatic carbocycles. The van der Waals surface area contributed by atoms with Crippen molar-refractivity contribution in [2.45, 2.75) is 57.4 Å². The molecule has 3 aliphatic carbocycles. The monoisotopic (exact) mass is 249 g/mol. The number of hydrogen-bond acceptors (Lipinski definition) is 2. The zero-order valence-electron chi connectivity index (χ0n) is 11.5. The molecule has 0 aromatic heterocycles. The van der Waals surface area contributed by atoms with Crippen molar-refractivity contribution in [1.29, 1.82) is 0 Å². The maximum absolute atomic E-state index is 5.52. The molecule has 18 heavy (non-hydrogen) atoms. The second-order valence-electron chi connectivity index (χ2n) is 7.58. The molecular weight excluding hydrogens is 222 g/mol. The van der Waals surface area contributed by atoms with Crippen molar-refractivity contribution in [3.05, 3.63) is 0 Å². The average molecular weight is 249 g/mol. The van der Waals surface area contributed by atoms with E-state index in [1.54, 1.807) is 6.42 Å². The van der Waals surface area contributed by atoms with Crippen molar-refractivity contribution in [3.8, 4) is 0 Å². The summed E-state index contributed by atoms with van der Waals surface area (Å²) >= 11 is 0. The molecule has 0 radical (unpaired) electrons. The Labute approximate surface area is 111 Å². The van der Waals surface area contributed by atoms with Crippen LogP contribution < -0.4 is 5.32 Å². The van der Waals surface area contributed by atoms with Gasteiger partial charge in [0.2, 0.25) is 0 Å². The standard InChI is InChI=1S/C16H27NO/c1-2-15(1)17-11-16(9-13-7-14(13)10-16)8-12-3-5-18-6-4-12/h12-15,17H,1-11H2. The van der Waals surface area contributed by atoms with Gasteiger partial charge in [-0.25, -0.2) is 0 Å². The second kappa shape index (κ2) is 4.49. The summed E-state index contributed by atoms with van der Waals surface area (Å²) in [4.78, 5) is 0. The van der Waals surface area contributed by atoms with Crippen molar-refractivity contribution < 1.29 is 4.74 Å². The van der Waals surface area contributed by atoms with E-state index >= 15 is 0 Å². The van der Waals surface area contributed by atoms with Gasteiger partial charge in [-0.05, 0) is 74.5 Å². The van der Waals surface area contributed by atoms with Crippen LogP contribution in [0.4, 0.5) is 0 Å². The Morgan fingerprint density at radius 2 is 1.72 bits per heavy atom. The fourth-order valence-electron chi connectivity index (χ4n) is 4.60. The van der Waals surface area contributed by atoms with Crippen LogP contribution in [0.25, 0.3) is 0 Å². The van der Waals surface area contributed by atoms with Gasteiger partial charge in [0.05, 0.1) is 0 Å². The summed E-state index contributed by atoms with van der Waals surface area (Å²) < 4.78 is 5.52. The molecule has 1 heterocycles. The molecule has 0 bridgehead atoms. The van der Waals surface area contributed by atoms with Gasteiger partial charge in [0, 0.05) is 25.8 Å². The van der Waals surface area contributed by atoms with E-state index in [-0.39, 0.29) is 0 Å². The lowest BCUT2D eigenvalue weighted by molar-refractivity contribution is 0.0447. The Hall–Kier alpha value is -0.0800. The Kier molecular flexibility index (Phi) is 2.92. The normalized spacial score (nSPS) is 44.0. The molecule has 3 saturated carbocycles. The highest BCUT2D eigenvalue weighted by atomic mass is 16.5. The summed E-state index contributed by atoms with van der Waals surface area (Å²) in [5.74, 6) is 3.19. The van der Waals surface area contributed by atoms with E-state index in [9.17, 15) is 0 Å². The van der Waals surface area contributed by atoms with Crippen LogP contribution in [0, 0.1) is 23.2 Å². The lowest BCUT2D eigenvalue weighted by atomic mass is 9.73. The Balaban J connectivity index is 1.37. The molecule has 2 heteroatoms. The minimum atomic E-state index is 0.679. The molecular formula is C16H27NO. The van der Waals surface area contributed by atoms with Crippen LogP contribution in [-0.2, 0) is 4.74 Å². The fraction of sp³-hybridized carbons (Fsp3) is 1.00. The van der Waals surface area contributed by atoms with Crippen LogP contribution in [0.15, 0.2) is 0 Å². The Morgan fingerprint density at radius 1 is 1.00 bits per heavy atom. The molecule has 4 aliphatic rings. The number of hydrogen-bond donors (Lipinski definition) is 1. The minimum absolute atomic E-state index is 0.679. The Morgan fingerprint density at radius 3 is 2.39 bits per heavy atom. The van der Waals surface area contributed by atoms with Gasteiger partial charge in [-0.2, -0.15) is 0 Å². The lowest BCUT2D eigenvalue weighted by Crippen LogP contribution is -2.37. The smallest absolute Gasteiger partial charge is 0.0468 e. The molecule has 0 aromatic rings. The third-order valence-electron chi connectivity index (χ3n) is 5.87. The summed E-state index contributed by atoms with van der Waals surface area (Å²) in [5, 5.41) is 3.84. The molecule has 0 amide bonds. The summed E-state index contributed by atoms with van der Waals surface area (Å²) in [6.45, 7) is 3.36. The lowest BCUT2D eigenvalue weighted by Gasteiger charge is -2.36. The van der Waals surface area contributed by atoms with E-state index in [1.807, 2.05) is 0 Å². The first-order chi connectivity index (χ1) is 8.83. The van der Waals surface area contributed by atoms with Crippen LogP contribution in [-0.4, -0.2) is 25.8 Å². The van der Waals surface area contributed by atoms with Crippen molar-refractivity contribution in [2.75, 3.05) is 19.8 Å². The van der Waals surface area contributed by atoms with Gasteiger partial charge in [-0.15, -0.1) is 0 Å². The predicted molar refractivity (Wildman–Crippen MR) is 72.4 cm³/mol. The summed E-state index contributed by atoms with van der Waals surface area (Å²) in [7, 11) is 0. The largest absolute Gasteiger partial charge is 0.381 e. The van der Waals surface area contributed by atoms with E-state index in [1.165, 1.54) is 51.5 Å². The third-order valence-corrected chi connectivity index (χ3v) is 5.87. The molecule has 1 N–H and O–H groups in total. The zero-order chi connectivity index (χ0) is 12.0. The van der Waals surface area contributed by atoms with E-state index < -0.39 is 0 Å². The van der Waals surface area contributed by atoms with Crippen molar-refractivity contribution >= 4 is 0 Å². The molecule has 2 unspecified atom stereocenters. The fourth-order valence-corrected chi connectivity index (χ4v) is 4.60. The van der Waals surface area contributed by atoms with Gasteiger partial charge >= 0.3 is 0 Å². The van der Waals surface area contributed by atoms with Gasteiger partial charge in [0.15, 0.2) is 0 Å². The SMILES string of the molecule is C1CC(CC2(CNC3CC3)CC3CC3C2)CCO1. The zero-order valence-corrected chi connectivity index (χ0v) is 11.5. The average Bonchev–Trinajstić information content (AvgIpc) is 3.29. The number of ether oxygens (including phenoxy) is 1. The topological polar surface area (TPSA) is 21.3 Å². The highest BCUT2D eigenvalue weighted by Crippen LogP contribution is 2.62. The highest BCUT2D eigenvalue weighted by molar-refractivity contribution is 5.05. The number of rotatable bonds is 5. The summed E-state index contributed by atoms with van der Waals surface area (Å²) in [5.41, 5.74) is 0.679. The minimum Gasteiger partial charge on any atom is -0.381 e. The molecule has 4 fully saturated rings. The van der Waals surface area contributed by atoms with Crippen LogP contribution >= 0.6 is 0 Å². The van der Waals surface area contributed by atoms with Gasteiger partial charge in [-0.1, -0.05) is 0 Å². The van der Waals surface area contributed by atoms with Gasteiger partial charge < -0.3 is 10.1 Å². The second-order valence-corrected chi connectivity index (χ2v) is 7.58. The van der Waals surface area contributed by atoms with Crippen LogP contribution in [0.1, 0.15) is 51.4 Å². The summed E-state index contributed by atoms with van der Waals surface area (Å²) in [6, 6.07) is 0.883. The van der Waals surface area contributed by atoms with Crippen molar-refractivity contribution in [2.24, 2.45) is 23.2 Å². The van der Waals surface area contributed by atoms with E-state index in [4.69, 9.17) is 4.74 Å². The van der Waals surface area contributed by atoms with Gasteiger partial charge in [0.25, 0.3) is 0 Å². The first kappa shape index (κ1) is 11.7. The molecule has 0 spiro atoms. The third kappa shape index (κ3) is 2.46.